The number of benzene rings is 1. The normalized spacial score (nSPS) is 11.1. The van der Waals surface area contributed by atoms with Gasteiger partial charge in [0.05, 0.1) is 11.3 Å². The van der Waals surface area contributed by atoms with Gasteiger partial charge in [-0.25, -0.2) is 9.59 Å². The minimum absolute atomic E-state index is 0.00939. The van der Waals surface area contributed by atoms with Gasteiger partial charge in [-0.1, -0.05) is 0 Å². The molecule has 2 N–H and O–H groups in total. The van der Waals surface area contributed by atoms with E-state index in [1.54, 1.807) is 27.7 Å². The van der Waals surface area contributed by atoms with Crippen molar-refractivity contribution in [3.63, 3.8) is 0 Å². The lowest BCUT2D eigenvalue weighted by atomic mass is 10.1. The SMILES string of the molecule is Cc1nnnn1-c1cc(NC(=O)OC(C)(C)C)ccc1C(=O)O. The minimum Gasteiger partial charge on any atom is -0.478 e. The monoisotopic (exact) mass is 319 g/mol. The van der Waals surface area contributed by atoms with Crippen molar-refractivity contribution in [2.75, 3.05) is 5.32 Å². The van der Waals surface area contributed by atoms with E-state index < -0.39 is 17.7 Å². The summed E-state index contributed by atoms with van der Waals surface area (Å²) in [6.45, 7) is 6.88. The largest absolute Gasteiger partial charge is 0.478 e. The number of nitrogens with one attached hydrogen (secondary N) is 1. The summed E-state index contributed by atoms with van der Waals surface area (Å²) in [5.41, 5.74) is -0.0156. The van der Waals surface area contributed by atoms with E-state index in [2.05, 4.69) is 20.8 Å². The van der Waals surface area contributed by atoms with Crippen LogP contribution in [0.15, 0.2) is 18.2 Å². The van der Waals surface area contributed by atoms with Crippen LogP contribution in [0.3, 0.4) is 0 Å². The number of aromatic nitrogens is 4. The average Bonchev–Trinajstić information content (AvgIpc) is 2.82. The van der Waals surface area contributed by atoms with Gasteiger partial charge in [-0.2, -0.15) is 4.68 Å². The highest BCUT2D eigenvalue weighted by molar-refractivity contribution is 5.94. The van der Waals surface area contributed by atoms with Gasteiger partial charge in [-0.15, -0.1) is 5.10 Å². The number of ether oxygens (including phenoxy) is 1. The molecule has 0 unspecified atom stereocenters. The summed E-state index contributed by atoms with van der Waals surface area (Å²) in [5, 5.41) is 22.8. The minimum atomic E-state index is -1.13. The van der Waals surface area contributed by atoms with Crippen molar-refractivity contribution in [3.8, 4) is 5.69 Å². The lowest BCUT2D eigenvalue weighted by molar-refractivity contribution is 0.0634. The zero-order chi connectivity index (χ0) is 17.2. The van der Waals surface area contributed by atoms with Gasteiger partial charge in [0, 0.05) is 5.69 Å². The molecular formula is C14H17N5O4. The molecule has 0 saturated carbocycles. The van der Waals surface area contributed by atoms with Gasteiger partial charge in [-0.05, 0) is 56.3 Å². The second kappa shape index (κ2) is 6.03. The number of aromatic carboxylic acids is 1. The van der Waals surface area contributed by atoms with E-state index in [0.29, 0.717) is 11.5 Å². The molecule has 2 aromatic rings. The van der Waals surface area contributed by atoms with Crippen molar-refractivity contribution in [3.05, 3.63) is 29.6 Å². The van der Waals surface area contributed by atoms with Crippen molar-refractivity contribution in [2.45, 2.75) is 33.3 Å². The lowest BCUT2D eigenvalue weighted by Gasteiger charge is -2.20. The number of anilines is 1. The van der Waals surface area contributed by atoms with Crippen molar-refractivity contribution in [2.24, 2.45) is 0 Å². The molecule has 0 aliphatic rings. The average molecular weight is 319 g/mol. The van der Waals surface area contributed by atoms with E-state index in [4.69, 9.17) is 4.74 Å². The van der Waals surface area contributed by atoms with Gasteiger partial charge in [0.2, 0.25) is 0 Å². The number of carbonyl (C=O) groups excluding carboxylic acids is 1. The van der Waals surface area contributed by atoms with E-state index in [0.717, 1.165) is 0 Å². The number of carboxylic acids is 1. The fourth-order valence-corrected chi connectivity index (χ4v) is 1.84. The van der Waals surface area contributed by atoms with E-state index in [1.165, 1.54) is 22.9 Å². The summed E-state index contributed by atoms with van der Waals surface area (Å²) >= 11 is 0. The Morgan fingerprint density at radius 3 is 2.52 bits per heavy atom. The summed E-state index contributed by atoms with van der Waals surface area (Å²) in [7, 11) is 0. The number of carboxylic acid groups (broad SMARTS) is 1. The Bertz CT molecular complexity index is 748. The molecule has 0 spiro atoms. The summed E-state index contributed by atoms with van der Waals surface area (Å²) in [6.07, 6.45) is -0.639. The van der Waals surface area contributed by atoms with Crippen LogP contribution in [-0.4, -0.2) is 43.0 Å². The van der Waals surface area contributed by atoms with Crippen LogP contribution in [0.25, 0.3) is 5.69 Å². The second-order valence-corrected chi connectivity index (χ2v) is 5.80. The molecule has 0 bridgehead atoms. The molecule has 0 aliphatic carbocycles. The van der Waals surface area contributed by atoms with E-state index >= 15 is 0 Å². The van der Waals surface area contributed by atoms with Crippen LogP contribution in [0.4, 0.5) is 10.5 Å². The molecule has 0 aliphatic heterocycles. The highest BCUT2D eigenvalue weighted by atomic mass is 16.6. The third kappa shape index (κ3) is 4.02. The van der Waals surface area contributed by atoms with Crippen LogP contribution in [0, 0.1) is 6.92 Å². The van der Waals surface area contributed by atoms with Crippen molar-refractivity contribution in [1.82, 2.24) is 20.2 Å². The molecular weight excluding hydrogens is 302 g/mol. The number of tetrazole rings is 1. The van der Waals surface area contributed by atoms with Crippen LogP contribution < -0.4 is 5.32 Å². The molecule has 23 heavy (non-hydrogen) atoms. The molecule has 1 aromatic carbocycles. The van der Waals surface area contributed by atoms with Gasteiger partial charge in [-0.3, -0.25) is 5.32 Å². The molecule has 0 atom stereocenters. The van der Waals surface area contributed by atoms with Gasteiger partial charge in [0.25, 0.3) is 0 Å². The zero-order valence-electron chi connectivity index (χ0n) is 13.2. The Morgan fingerprint density at radius 2 is 2.00 bits per heavy atom. The second-order valence-electron chi connectivity index (χ2n) is 5.80. The highest BCUT2D eigenvalue weighted by Gasteiger charge is 2.19. The number of hydrogen-bond donors (Lipinski definition) is 2. The standard InChI is InChI=1S/C14H17N5O4/c1-8-16-17-18-19(8)11-7-9(5-6-10(11)12(20)21)15-13(22)23-14(2,3)4/h5-7H,1-4H3,(H,15,22)(H,20,21). The van der Waals surface area contributed by atoms with Crippen molar-refractivity contribution in [1.29, 1.82) is 0 Å². The Labute approximate surface area is 132 Å². The predicted molar refractivity (Wildman–Crippen MR) is 80.7 cm³/mol. The number of rotatable bonds is 3. The van der Waals surface area contributed by atoms with Crippen LogP contribution in [0.5, 0.6) is 0 Å². The fraction of sp³-hybridized carbons (Fsp3) is 0.357. The zero-order valence-corrected chi connectivity index (χ0v) is 13.2. The lowest BCUT2D eigenvalue weighted by Crippen LogP contribution is -2.27. The summed E-state index contributed by atoms with van der Waals surface area (Å²) in [4.78, 5) is 23.2. The van der Waals surface area contributed by atoms with Gasteiger partial charge in [0.15, 0.2) is 5.82 Å². The first-order valence-electron chi connectivity index (χ1n) is 6.80. The maximum absolute atomic E-state index is 11.8. The molecule has 1 heterocycles. The number of amides is 1. The van der Waals surface area contributed by atoms with Crippen LogP contribution >= 0.6 is 0 Å². The fourth-order valence-electron chi connectivity index (χ4n) is 1.84. The first kappa shape index (κ1) is 16.4. The Kier molecular flexibility index (Phi) is 4.30. The van der Waals surface area contributed by atoms with Crippen molar-refractivity contribution >= 4 is 17.7 Å². The Hall–Kier alpha value is -2.97. The van der Waals surface area contributed by atoms with Gasteiger partial charge in [0.1, 0.15) is 5.60 Å². The molecule has 122 valence electrons. The third-order valence-corrected chi connectivity index (χ3v) is 2.73. The van der Waals surface area contributed by atoms with Crippen LogP contribution in [-0.2, 0) is 4.74 Å². The van der Waals surface area contributed by atoms with Crippen LogP contribution in [0.1, 0.15) is 37.0 Å². The maximum Gasteiger partial charge on any atom is 0.412 e. The Balaban J connectivity index is 2.36. The molecule has 1 amide bonds. The topological polar surface area (TPSA) is 119 Å². The van der Waals surface area contributed by atoms with E-state index in [9.17, 15) is 14.7 Å². The quantitative estimate of drug-likeness (QED) is 0.888. The molecule has 0 fully saturated rings. The molecule has 9 heteroatoms. The summed E-state index contributed by atoms with van der Waals surface area (Å²) in [5.74, 6) is -0.708. The predicted octanol–water partition coefficient (Wildman–Crippen LogP) is 2.02. The maximum atomic E-state index is 11.8. The number of nitrogens with zero attached hydrogens (tertiary/aromatic N) is 4. The molecule has 0 saturated heterocycles. The molecule has 9 nitrogen and oxygen atoms in total. The molecule has 1 aromatic heterocycles. The number of carbonyl (C=O) groups is 2. The molecule has 0 radical (unpaired) electrons. The third-order valence-electron chi connectivity index (χ3n) is 2.73. The smallest absolute Gasteiger partial charge is 0.412 e. The number of aryl methyl sites for hydroxylation is 1. The van der Waals surface area contributed by atoms with E-state index in [-0.39, 0.29) is 11.3 Å². The summed E-state index contributed by atoms with van der Waals surface area (Å²) in [6, 6.07) is 4.30. The van der Waals surface area contributed by atoms with Crippen LogP contribution in [0.2, 0.25) is 0 Å². The summed E-state index contributed by atoms with van der Waals surface area (Å²) < 4.78 is 6.44. The highest BCUT2D eigenvalue weighted by Crippen LogP contribution is 2.21. The van der Waals surface area contributed by atoms with E-state index in [1.807, 2.05) is 0 Å². The van der Waals surface area contributed by atoms with Gasteiger partial charge < -0.3 is 9.84 Å². The first-order chi connectivity index (χ1) is 10.7. The number of hydrogen-bond acceptors (Lipinski definition) is 6. The van der Waals surface area contributed by atoms with Crippen molar-refractivity contribution < 1.29 is 19.4 Å². The molecule has 2 rings (SSSR count). The van der Waals surface area contributed by atoms with Gasteiger partial charge >= 0.3 is 12.1 Å². The first-order valence-corrected chi connectivity index (χ1v) is 6.80. The Morgan fingerprint density at radius 1 is 1.30 bits per heavy atom.